The summed E-state index contributed by atoms with van der Waals surface area (Å²) in [4.78, 5) is 10.1. The van der Waals surface area contributed by atoms with Crippen LogP contribution in [0.1, 0.15) is 5.56 Å². The molecule has 0 radical (unpaired) electrons. The van der Waals surface area contributed by atoms with Crippen molar-refractivity contribution in [2.45, 2.75) is 12.7 Å². The highest BCUT2D eigenvalue weighted by Crippen LogP contribution is 2.26. The van der Waals surface area contributed by atoms with Crippen molar-refractivity contribution in [3.05, 3.63) is 39.9 Å². The maximum Gasteiger partial charge on any atom is 0.400 e. The van der Waals surface area contributed by atoms with E-state index >= 15 is 0 Å². The van der Waals surface area contributed by atoms with Crippen molar-refractivity contribution in [1.29, 1.82) is 0 Å². The fraction of sp³-hybridized carbons (Fsp3) is 0.364. The monoisotopic (exact) mass is 306 g/mol. The Hall–Kier alpha value is -2.36. The van der Waals surface area contributed by atoms with Crippen LogP contribution < -0.4 is 11.1 Å². The first-order valence-corrected chi connectivity index (χ1v) is 5.74. The highest BCUT2D eigenvalue weighted by Gasteiger charge is 2.42. The number of nitrogens with one attached hydrogen (secondary N) is 1. The lowest BCUT2D eigenvalue weighted by atomic mass is 10.1. The van der Waals surface area contributed by atoms with Crippen LogP contribution in [0, 0.1) is 16.0 Å². The Balaban J connectivity index is 2.74. The van der Waals surface area contributed by atoms with Gasteiger partial charge in [0.25, 0.3) is 5.69 Å². The van der Waals surface area contributed by atoms with Crippen molar-refractivity contribution in [3.63, 3.8) is 0 Å². The van der Waals surface area contributed by atoms with Crippen molar-refractivity contribution in [2.24, 2.45) is 16.8 Å². The molecular formula is C11H13F3N4O3. The summed E-state index contributed by atoms with van der Waals surface area (Å²) < 4.78 is 38.0. The van der Waals surface area contributed by atoms with Crippen LogP contribution in [-0.2, 0) is 6.54 Å². The Labute approximate surface area is 117 Å². The van der Waals surface area contributed by atoms with E-state index in [2.05, 4.69) is 10.5 Å². The molecule has 0 bridgehead atoms. The average molecular weight is 306 g/mol. The number of halogens is 3. The first-order valence-electron chi connectivity index (χ1n) is 5.74. The molecule has 0 spiro atoms. The molecular weight excluding hydrogens is 293 g/mol. The van der Waals surface area contributed by atoms with Gasteiger partial charge in [0, 0.05) is 24.7 Å². The van der Waals surface area contributed by atoms with E-state index in [1.807, 2.05) is 0 Å². The highest BCUT2D eigenvalue weighted by molar-refractivity contribution is 5.83. The van der Waals surface area contributed by atoms with Crippen molar-refractivity contribution in [2.75, 3.05) is 6.54 Å². The van der Waals surface area contributed by atoms with Gasteiger partial charge in [0.2, 0.25) is 0 Å². The topological polar surface area (TPSA) is 114 Å². The van der Waals surface area contributed by atoms with Crippen LogP contribution in [0.25, 0.3) is 0 Å². The van der Waals surface area contributed by atoms with E-state index in [1.54, 1.807) is 0 Å². The van der Waals surface area contributed by atoms with Crippen LogP contribution in [0.2, 0.25) is 0 Å². The number of nitrogens with zero attached hydrogens (tertiary/aromatic N) is 2. The molecule has 7 nitrogen and oxygen atoms in total. The number of amidine groups is 1. The predicted octanol–water partition coefficient (Wildman–Crippen LogP) is 1.61. The largest absolute Gasteiger partial charge is 0.409 e. The zero-order chi connectivity index (χ0) is 16.0. The highest BCUT2D eigenvalue weighted by atomic mass is 19.4. The van der Waals surface area contributed by atoms with Crippen LogP contribution in [0.4, 0.5) is 18.9 Å². The number of benzene rings is 1. The van der Waals surface area contributed by atoms with E-state index in [9.17, 15) is 23.3 Å². The zero-order valence-corrected chi connectivity index (χ0v) is 10.7. The number of para-hydroxylation sites is 1. The number of rotatable bonds is 6. The summed E-state index contributed by atoms with van der Waals surface area (Å²) in [6, 6.07) is 5.67. The normalized spacial score (nSPS) is 14.0. The third kappa shape index (κ3) is 4.60. The molecule has 0 aromatic heterocycles. The van der Waals surface area contributed by atoms with E-state index in [4.69, 9.17) is 10.9 Å². The SMILES string of the molecule is N/C(=N/O)C(CNCc1ccccc1[N+](=O)[O-])C(F)(F)F. The van der Waals surface area contributed by atoms with E-state index in [0.717, 1.165) is 0 Å². The fourth-order valence-electron chi connectivity index (χ4n) is 1.65. The lowest BCUT2D eigenvalue weighted by Crippen LogP contribution is -2.42. The lowest BCUT2D eigenvalue weighted by Gasteiger charge is -2.19. The van der Waals surface area contributed by atoms with E-state index in [-0.39, 0.29) is 17.8 Å². The summed E-state index contributed by atoms with van der Waals surface area (Å²) in [5.74, 6) is -3.15. The number of oxime groups is 1. The standard InChI is InChI=1S/C11H13F3N4O3/c12-11(13,14)8(10(15)17-19)6-16-5-7-3-1-2-4-9(7)18(20)21/h1-4,8,16,19H,5-6H2,(H2,15,17). The molecule has 116 valence electrons. The Morgan fingerprint density at radius 3 is 2.62 bits per heavy atom. The first kappa shape index (κ1) is 16.7. The van der Waals surface area contributed by atoms with Crippen molar-refractivity contribution < 1.29 is 23.3 Å². The van der Waals surface area contributed by atoms with Gasteiger partial charge < -0.3 is 16.3 Å². The minimum Gasteiger partial charge on any atom is -0.409 e. The third-order valence-corrected chi connectivity index (χ3v) is 2.72. The van der Waals surface area contributed by atoms with Gasteiger partial charge in [-0.2, -0.15) is 13.2 Å². The van der Waals surface area contributed by atoms with E-state index < -0.39 is 29.4 Å². The van der Waals surface area contributed by atoms with Gasteiger partial charge in [-0.15, -0.1) is 0 Å². The molecule has 0 saturated heterocycles. The lowest BCUT2D eigenvalue weighted by molar-refractivity contribution is -0.385. The van der Waals surface area contributed by atoms with Crippen molar-refractivity contribution >= 4 is 11.5 Å². The van der Waals surface area contributed by atoms with Gasteiger partial charge in [-0.1, -0.05) is 23.4 Å². The summed E-state index contributed by atoms with van der Waals surface area (Å²) >= 11 is 0. The number of hydrogen-bond donors (Lipinski definition) is 3. The van der Waals surface area contributed by atoms with Gasteiger partial charge >= 0.3 is 6.18 Å². The molecule has 0 aliphatic carbocycles. The molecule has 0 amide bonds. The van der Waals surface area contributed by atoms with Crippen LogP contribution in [0.15, 0.2) is 29.4 Å². The molecule has 1 aromatic carbocycles. The molecule has 1 atom stereocenters. The minimum atomic E-state index is -4.69. The van der Waals surface area contributed by atoms with Crippen LogP contribution in [-0.4, -0.2) is 28.7 Å². The first-order chi connectivity index (χ1) is 9.77. The van der Waals surface area contributed by atoms with Gasteiger partial charge in [0.1, 0.15) is 5.92 Å². The summed E-state index contributed by atoms with van der Waals surface area (Å²) in [5.41, 5.74) is 5.03. The molecule has 0 aliphatic heterocycles. The molecule has 4 N–H and O–H groups in total. The maximum atomic E-state index is 12.7. The Bertz CT molecular complexity index is 534. The van der Waals surface area contributed by atoms with Crippen LogP contribution in [0.3, 0.4) is 0 Å². The Morgan fingerprint density at radius 2 is 2.10 bits per heavy atom. The molecule has 1 unspecified atom stereocenters. The van der Waals surface area contributed by atoms with Crippen LogP contribution >= 0.6 is 0 Å². The predicted molar refractivity (Wildman–Crippen MR) is 67.8 cm³/mol. The molecule has 0 fully saturated rings. The molecule has 10 heteroatoms. The second-order valence-corrected chi connectivity index (χ2v) is 4.14. The average Bonchev–Trinajstić information content (AvgIpc) is 2.41. The molecule has 1 aromatic rings. The smallest absolute Gasteiger partial charge is 0.400 e. The van der Waals surface area contributed by atoms with Crippen LogP contribution in [0.5, 0.6) is 0 Å². The zero-order valence-electron chi connectivity index (χ0n) is 10.7. The third-order valence-electron chi connectivity index (χ3n) is 2.72. The Morgan fingerprint density at radius 1 is 1.48 bits per heavy atom. The molecule has 21 heavy (non-hydrogen) atoms. The minimum absolute atomic E-state index is 0.150. The summed E-state index contributed by atoms with van der Waals surface area (Å²) in [6.07, 6.45) is -4.69. The number of nitro groups is 1. The van der Waals surface area contributed by atoms with Gasteiger partial charge in [0.05, 0.1) is 4.92 Å². The van der Waals surface area contributed by atoms with Crippen molar-refractivity contribution in [3.8, 4) is 0 Å². The van der Waals surface area contributed by atoms with Gasteiger partial charge in [-0.25, -0.2) is 0 Å². The second kappa shape index (κ2) is 6.88. The molecule has 0 aliphatic rings. The van der Waals surface area contributed by atoms with Gasteiger partial charge in [-0.05, 0) is 0 Å². The number of alkyl halides is 3. The maximum absolute atomic E-state index is 12.7. The number of nitrogens with two attached hydrogens (primary N) is 1. The molecule has 1 rings (SSSR count). The number of hydrogen-bond acceptors (Lipinski definition) is 5. The Kier molecular flexibility index (Phi) is 5.47. The van der Waals surface area contributed by atoms with Crippen molar-refractivity contribution in [1.82, 2.24) is 5.32 Å². The fourth-order valence-corrected chi connectivity index (χ4v) is 1.65. The summed E-state index contributed by atoms with van der Waals surface area (Å²) in [5, 5.41) is 23.9. The van der Waals surface area contributed by atoms with Gasteiger partial charge in [0.15, 0.2) is 5.84 Å². The summed E-state index contributed by atoms with van der Waals surface area (Å²) in [6.45, 7) is -0.812. The second-order valence-electron chi connectivity index (χ2n) is 4.14. The van der Waals surface area contributed by atoms with E-state index in [0.29, 0.717) is 0 Å². The summed E-state index contributed by atoms with van der Waals surface area (Å²) in [7, 11) is 0. The van der Waals surface area contributed by atoms with E-state index in [1.165, 1.54) is 24.3 Å². The quantitative estimate of drug-likeness (QED) is 0.243. The van der Waals surface area contributed by atoms with Gasteiger partial charge in [-0.3, -0.25) is 10.1 Å². The molecule has 0 heterocycles. The number of nitro benzene ring substituents is 1. The molecule has 0 saturated carbocycles.